The van der Waals surface area contributed by atoms with Gasteiger partial charge in [0.05, 0.1) is 0 Å². The maximum atomic E-state index is 12.2. The van der Waals surface area contributed by atoms with Gasteiger partial charge in [-0.05, 0) is 36.6 Å². The van der Waals surface area contributed by atoms with Crippen molar-refractivity contribution in [3.8, 4) is 0 Å². The van der Waals surface area contributed by atoms with Crippen molar-refractivity contribution in [3.63, 3.8) is 0 Å². The van der Waals surface area contributed by atoms with Crippen molar-refractivity contribution < 1.29 is 18.0 Å². The molecular formula is C18H20N4O4S. The Morgan fingerprint density at radius 2 is 1.85 bits per heavy atom. The van der Waals surface area contributed by atoms with Crippen molar-refractivity contribution in [3.05, 3.63) is 47.8 Å². The second kappa shape index (κ2) is 7.83. The molecular weight excluding hydrogens is 368 g/mol. The van der Waals surface area contributed by atoms with Crippen LogP contribution in [-0.4, -0.2) is 42.5 Å². The van der Waals surface area contributed by atoms with Gasteiger partial charge in [-0.1, -0.05) is 12.1 Å². The Hall–Kier alpha value is -2.81. The van der Waals surface area contributed by atoms with Crippen LogP contribution in [0.2, 0.25) is 0 Å². The van der Waals surface area contributed by atoms with Gasteiger partial charge >= 0.3 is 0 Å². The Morgan fingerprint density at radius 3 is 2.44 bits per heavy atom. The van der Waals surface area contributed by atoms with E-state index in [4.69, 9.17) is 0 Å². The maximum Gasteiger partial charge on any atom is 0.247 e. The van der Waals surface area contributed by atoms with E-state index in [0.29, 0.717) is 13.0 Å². The van der Waals surface area contributed by atoms with Crippen LogP contribution in [0.4, 0.5) is 5.69 Å². The van der Waals surface area contributed by atoms with Crippen LogP contribution in [-0.2, 0) is 26.0 Å². The molecule has 1 aliphatic heterocycles. The zero-order valence-electron chi connectivity index (χ0n) is 14.9. The SMILES string of the molecule is Cc1cnc(S(=O)(=O)CC(=O)NCc2ccc(N3CCCC3=O)cc2)nc1. The molecule has 2 amide bonds. The highest BCUT2D eigenvalue weighted by molar-refractivity contribution is 7.91. The number of carbonyl (C=O) groups excluding carboxylic acids is 2. The Bertz CT molecular complexity index is 940. The molecule has 2 heterocycles. The zero-order valence-corrected chi connectivity index (χ0v) is 15.7. The van der Waals surface area contributed by atoms with Gasteiger partial charge in [-0.3, -0.25) is 9.59 Å². The lowest BCUT2D eigenvalue weighted by molar-refractivity contribution is -0.119. The van der Waals surface area contributed by atoms with Gasteiger partial charge in [0.1, 0.15) is 5.75 Å². The molecule has 2 aromatic rings. The van der Waals surface area contributed by atoms with Gasteiger partial charge < -0.3 is 10.2 Å². The zero-order chi connectivity index (χ0) is 19.4. The molecule has 0 bridgehead atoms. The summed E-state index contributed by atoms with van der Waals surface area (Å²) in [4.78, 5) is 33.0. The van der Waals surface area contributed by atoms with Crippen molar-refractivity contribution >= 4 is 27.3 Å². The summed E-state index contributed by atoms with van der Waals surface area (Å²) in [5, 5.41) is 2.22. The fraction of sp³-hybridized carbons (Fsp3) is 0.333. The van der Waals surface area contributed by atoms with E-state index in [1.807, 2.05) is 12.1 Å². The molecule has 0 aliphatic carbocycles. The summed E-state index contributed by atoms with van der Waals surface area (Å²) < 4.78 is 24.3. The number of amides is 2. The molecule has 1 aliphatic rings. The minimum Gasteiger partial charge on any atom is -0.351 e. The molecule has 9 heteroatoms. The minimum atomic E-state index is -3.88. The van der Waals surface area contributed by atoms with Crippen LogP contribution in [0.1, 0.15) is 24.0 Å². The van der Waals surface area contributed by atoms with E-state index >= 15 is 0 Å². The predicted octanol–water partition coefficient (Wildman–Crippen LogP) is 1.00. The summed E-state index contributed by atoms with van der Waals surface area (Å²) in [5.74, 6) is -1.23. The fourth-order valence-corrected chi connectivity index (χ4v) is 3.75. The molecule has 1 aromatic carbocycles. The number of hydrogen-bond acceptors (Lipinski definition) is 6. The number of carbonyl (C=O) groups is 2. The molecule has 3 rings (SSSR count). The van der Waals surface area contributed by atoms with Crippen molar-refractivity contribution in [1.82, 2.24) is 15.3 Å². The quantitative estimate of drug-likeness (QED) is 0.740. The Balaban J connectivity index is 1.56. The molecule has 1 saturated heterocycles. The van der Waals surface area contributed by atoms with Crippen LogP contribution in [0.15, 0.2) is 41.8 Å². The number of nitrogens with zero attached hydrogens (tertiary/aromatic N) is 3. The molecule has 0 radical (unpaired) electrons. The van der Waals surface area contributed by atoms with Crippen molar-refractivity contribution in [2.24, 2.45) is 0 Å². The van der Waals surface area contributed by atoms with Gasteiger partial charge in [-0.2, -0.15) is 0 Å². The number of sulfone groups is 1. The molecule has 27 heavy (non-hydrogen) atoms. The van der Waals surface area contributed by atoms with Crippen LogP contribution in [0.25, 0.3) is 0 Å². The number of benzene rings is 1. The maximum absolute atomic E-state index is 12.2. The van der Waals surface area contributed by atoms with Gasteiger partial charge in [-0.15, -0.1) is 0 Å². The Labute approximate surface area is 157 Å². The molecule has 8 nitrogen and oxygen atoms in total. The lowest BCUT2D eigenvalue weighted by atomic mass is 10.2. The molecule has 1 N–H and O–H groups in total. The van der Waals surface area contributed by atoms with Crippen LogP contribution in [0.3, 0.4) is 0 Å². The van der Waals surface area contributed by atoms with Gasteiger partial charge in [0.2, 0.25) is 26.8 Å². The van der Waals surface area contributed by atoms with Crippen LogP contribution in [0.5, 0.6) is 0 Å². The average molecular weight is 388 g/mol. The van der Waals surface area contributed by atoms with E-state index in [1.165, 1.54) is 12.4 Å². The Kier molecular flexibility index (Phi) is 5.50. The largest absolute Gasteiger partial charge is 0.351 e. The summed E-state index contributed by atoms with van der Waals surface area (Å²) in [6, 6.07) is 7.25. The summed E-state index contributed by atoms with van der Waals surface area (Å²) in [5.41, 5.74) is 2.37. The van der Waals surface area contributed by atoms with E-state index in [0.717, 1.165) is 23.2 Å². The van der Waals surface area contributed by atoms with E-state index in [-0.39, 0.29) is 17.6 Å². The number of aryl methyl sites for hydroxylation is 1. The fourth-order valence-electron chi connectivity index (χ4n) is 2.75. The first-order valence-electron chi connectivity index (χ1n) is 8.52. The summed E-state index contributed by atoms with van der Waals surface area (Å²) >= 11 is 0. The van der Waals surface area contributed by atoms with E-state index in [9.17, 15) is 18.0 Å². The highest BCUT2D eigenvalue weighted by Crippen LogP contribution is 2.21. The predicted molar refractivity (Wildman–Crippen MR) is 98.7 cm³/mol. The molecule has 0 saturated carbocycles. The highest BCUT2D eigenvalue weighted by atomic mass is 32.2. The lowest BCUT2D eigenvalue weighted by Crippen LogP contribution is -2.30. The topological polar surface area (TPSA) is 109 Å². The first-order chi connectivity index (χ1) is 12.8. The highest BCUT2D eigenvalue weighted by Gasteiger charge is 2.23. The summed E-state index contributed by atoms with van der Waals surface area (Å²) in [6.45, 7) is 2.65. The molecule has 1 fully saturated rings. The first kappa shape index (κ1) is 19.0. The first-order valence-corrected chi connectivity index (χ1v) is 10.2. The number of nitrogens with one attached hydrogen (secondary N) is 1. The number of aromatic nitrogens is 2. The summed E-state index contributed by atoms with van der Waals surface area (Å²) in [7, 11) is -3.88. The minimum absolute atomic E-state index is 0.111. The number of hydrogen-bond donors (Lipinski definition) is 1. The van der Waals surface area contributed by atoms with Gasteiger partial charge in [0.25, 0.3) is 0 Å². The van der Waals surface area contributed by atoms with Gasteiger partial charge in [0, 0.05) is 37.6 Å². The molecule has 1 aromatic heterocycles. The van der Waals surface area contributed by atoms with E-state index in [2.05, 4.69) is 15.3 Å². The number of anilines is 1. The van der Waals surface area contributed by atoms with Gasteiger partial charge in [-0.25, -0.2) is 18.4 Å². The van der Waals surface area contributed by atoms with Crippen molar-refractivity contribution in [2.75, 3.05) is 17.2 Å². The Morgan fingerprint density at radius 1 is 1.19 bits per heavy atom. The van der Waals surface area contributed by atoms with Crippen molar-refractivity contribution in [1.29, 1.82) is 0 Å². The van der Waals surface area contributed by atoms with Crippen LogP contribution >= 0.6 is 0 Å². The third-order valence-electron chi connectivity index (χ3n) is 4.17. The molecule has 0 spiro atoms. The van der Waals surface area contributed by atoms with Gasteiger partial charge in [0.15, 0.2) is 0 Å². The normalized spacial score (nSPS) is 14.4. The van der Waals surface area contributed by atoms with Crippen LogP contribution in [0, 0.1) is 6.92 Å². The summed E-state index contributed by atoms with van der Waals surface area (Å²) in [6.07, 6.45) is 4.21. The second-order valence-corrected chi connectivity index (χ2v) is 8.28. The third-order valence-corrected chi connectivity index (χ3v) is 5.58. The average Bonchev–Trinajstić information content (AvgIpc) is 3.06. The van der Waals surface area contributed by atoms with Crippen molar-refractivity contribution in [2.45, 2.75) is 31.5 Å². The smallest absolute Gasteiger partial charge is 0.247 e. The van der Waals surface area contributed by atoms with E-state index in [1.54, 1.807) is 24.0 Å². The second-order valence-electron chi connectivity index (χ2n) is 6.39. The molecule has 0 unspecified atom stereocenters. The van der Waals surface area contributed by atoms with Crippen LogP contribution < -0.4 is 10.2 Å². The molecule has 142 valence electrons. The molecule has 0 atom stereocenters. The number of rotatable bonds is 6. The standard InChI is InChI=1S/C18H20N4O4S/c1-13-9-20-18(21-10-13)27(25,26)12-16(23)19-11-14-4-6-15(7-5-14)22-8-2-3-17(22)24/h4-7,9-10H,2-3,8,11-12H2,1H3,(H,19,23). The lowest BCUT2D eigenvalue weighted by Gasteiger charge is -2.16. The third kappa shape index (κ3) is 4.68. The van der Waals surface area contributed by atoms with E-state index < -0.39 is 21.5 Å². The monoisotopic (exact) mass is 388 g/mol.